The van der Waals surface area contributed by atoms with Crippen molar-refractivity contribution in [1.82, 2.24) is 4.90 Å². The number of hydrogen-bond donors (Lipinski definition) is 1. The normalized spacial score (nSPS) is 19.1. The van der Waals surface area contributed by atoms with Crippen LogP contribution in [0.2, 0.25) is 0 Å². The molecule has 0 aromatic heterocycles. The molecule has 114 valence electrons. The Labute approximate surface area is 119 Å². The maximum absolute atomic E-state index is 12.6. The Morgan fingerprint density at radius 1 is 1.33 bits per heavy atom. The minimum atomic E-state index is -4.51. The van der Waals surface area contributed by atoms with E-state index in [9.17, 15) is 22.8 Å². The SMILES string of the molecule is O=C(O)CC1Cc2ccccc2C(=O)N(CC(F)(F)F)C1. The summed E-state index contributed by atoms with van der Waals surface area (Å²) < 4.78 is 37.8. The summed E-state index contributed by atoms with van der Waals surface area (Å²) in [4.78, 5) is 23.8. The highest BCUT2D eigenvalue weighted by molar-refractivity contribution is 5.96. The van der Waals surface area contributed by atoms with E-state index in [2.05, 4.69) is 0 Å². The standard InChI is InChI=1S/C14H14F3NO3/c15-14(16,17)8-18-7-9(6-12(19)20)5-10-3-1-2-4-11(10)13(18)21/h1-4,9H,5-8H2,(H,19,20). The highest BCUT2D eigenvalue weighted by Crippen LogP contribution is 2.26. The largest absolute Gasteiger partial charge is 0.481 e. The van der Waals surface area contributed by atoms with Crippen molar-refractivity contribution in [2.45, 2.75) is 19.0 Å². The van der Waals surface area contributed by atoms with Crippen LogP contribution < -0.4 is 0 Å². The van der Waals surface area contributed by atoms with Crippen LogP contribution in [-0.4, -0.2) is 41.1 Å². The topological polar surface area (TPSA) is 57.6 Å². The van der Waals surface area contributed by atoms with Crippen molar-refractivity contribution < 1.29 is 27.9 Å². The van der Waals surface area contributed by atoms with Crippen molar-refractivity contribution in [2.75, 3.05) is 13.1 Å². The third-order valence-electron chi connectivity index (χ3n) is 3.36. The van der Waals surface area contributed by atoms with Crippen molar-refractivity contribution in [1.29, 1.82) is 0 Å². The van der Waals surface area contributed by atoms with E-state index < -0.39 is 30.5 Å². The third kappa shape index (κ3) is 3.96. The second-order valence-corrected chi connectivity index (χ2v) is 5.13. The Morgan fingerprint density at radius 2 is 2.00 bits per heavy atom. The van der Waals surface area contributed by atoms with Gasteiger partial charge < -0.3 is 10.0 Å². The first-order valence-electron chi connectivity index (χ1n) is 6.42. The molecular formula is C14H14F3NO3. The van der Waals surface area contributed by atoms with Crippen LogP contribution in [0.1, 0.15) is 22.3 Å². The molecule has 1 aromatic rings. The van der Waals surface area contributed by atoms with Gasteiger partial charge in [0.15, 0.2) is 0 Å². The van der Waals surface area contributed by atoms with Gasteiger partial charge in [0.05, 0.1) is 6.42 Å². The number of carbonyl (C=O) groups excluding carboxylic acids is 1. The summed E-state index contributed by atoms with van der Waals surface area (Å²) in [5, 5.41) is 8.86. The molecule has 1 aliphatic rings. The van der Waals surface area contributed by atoms with Crippen molar-refractivity contribution in [2.24, 2.45) is 5.92 Å². The molecule has 21 heavy (non-hydrogen) atoms. The van der Waals surface area contributed by atoms with E-state index in [1.54, 1.807) is 18.2 Å². The van der Waals surface area contributed by atoms with Crippen molar-refractivity contribution in [3.05, 3.63) is 35.4 Å². The summed E-state index contributed by atoms with van der Waals surface area (Å²) in [5.74, 6) is -2.31. The fraction of sp³-hybridized carbons (Fsp3) is 0.429. The summed E-state index contributed by atoms with van der Waals surface area (Å²) in [6.07, 6.45) is -4.50. The average Bonchev–Trinajstić information content (AvgIpc) is 2.46. The van der Waals surface area contributed by atoms with E-state index in [-0.39, 0.29) is 24.9 Å². The number of amides is 1. The van der Waals surface area contributed by atoms with Crippen LogP contribution in [0.3, 0.4) is 0 Å². The number of hydrogen-bond acceptors (Lipinski definition) is 2. The Kier molecular flexibility index (Phi) is 4.20. The summed E-state index contributed by atoms with van der Waals surface area (Å²) >= 11 is 0. The molecule has 1 heterocycles. The summed E-state index contributed by atoms with van der Waals surface area (Å²) in [6, 6.07) is 6.40. The first-order valence-corrected chi connectivity index (χ1v) is 6.42. The average molecular weight is 301 g/mol. The van der Waals surface area contributed by atoms with Crippen LogP contribution in [0.5, 0.6) is 0 Å². The van der Waals surface area contributed by atoms with Gasteiger partial charge in [0.1, 0.15) is 6.54 Å². The summed E-state index contributed by atoms with van der Waals surface area (Å²) in [5.41, 5.74) is 0.813. The van der Waals surface area contributed by atoms with Crippen LogP contribution in [0.4, 0.5) is 13.2 Å². The number of rotatable bonds is 3. The number of carboxylic acid groups (broad SMARTS) is 1. The van der Waals surface area contributed by atoms with Gasteiger partial charge in [0.25, 0.3) is 5.91 Å². The van der Waals surface area contributed by atoms with E-state index in [0.717, 1.165) is 0 Å². The molecule has 1 atom stereocenters. The summed E-state index contributed by atoms with van der Waals surface area (Å²) in [6.45, 7) is -1.57. The van der Waals surface area contributed by atoms with Crippen LogP contribution >= 0.6 is 0 Å². The second kappa shape index (κ2) is 5.75. The van der Waals surface area contributed by atoms with Crippen LogP contribution in [0.15, 0.2) is 24.3 Å². The van der Waals surface area contributed by atoms with Crippen molar-refractivity contribution >= 4 is 11.9 Å². The van der Waals surface area contributed by atoms with Crippen LogP contribution in [0, 0.1) is 5.92 Å². The van der Waals surface area contributed by atoms with Crippen molar-refractivity contribution in [3.8, 4) is 0 Å². The van der Waals surface area contributed by atoms with Gasteiger partial charge in [-0.05, 0) is 24.0 Å². The van der Waals surface area contributed by atoms with E-state index >= 15 is 0 Å². The van der Waals surface area contributed by atoms with Gasteiger partial charge in [-0.15, -0.1) is 0 Å². The molecule has 0 bridgehead atoms. The van der Waals surface area contributed by atoms with Gasteiger partial charge in [-0.1, -0.05) is 18.2 Å². The molecule has 1 aliphatic heterocycles. The molecule has 4 nitrogen and oxygen atoms in total. The number of benzene rings is 1. The van der Waals surface area contributed by atoms with Gasteiger partial charge in [0, 0.05) is 12.1 Å². The molecule has 1 aromatic carbocycles. The number of aliphatic carboxylic acids is 1. The lowest BCUT2D eigenvalue weighted by Gasteiger charge is -2.25. The molecule has 0 radical (unpaired) electrons. The molecule has 7 heteroatoms. The van der Waals surface area contributed by atoms with E-state index in [0.29, 0.717) is 10.5 Å². The van der Waals surface area contributed by atoms with E-state index in [1.807, 2.05) is 0 Å². The van der Waals surface area contributed by atoms with Gasteiger partial charge in [-0.25, -0.2) is 0 Å². The fourth-order valence-corrected chi connectivity index (χ4v) is 2.58. The number of halogens is 3. The number of nitrogens with zero attached hydrogens (tertiary/aromatic N) is 1. The first kappa shape index (κ1) is 15.3. The van der Waals surface area contributed by atoms with E-state index in [4.69, 9.17) is 5.11 Å². The molecule has 0 saturated heterocycles. The number of fused-ring (bicyclic) bond motifs is 1. The van der Waals surface area contributed by atoms with Gasteiger partial charge in [-0.3, -0.25) is 9.59 Å². The molecule has 2 rings (SSSR count). The lowest BCUT2D eigenvalue weighted by atomic mass is 9.95. The Hall–Kier alpha value is -2.05. The van der Waals surface area contributed by atoms with Crippen LogP contribution in [-0.2, 0) is 11.2 Å². The molecule has 1 N–H and O–H groups in total. The number of carbonyl (C=O) groups is 2. The zero-order chi connectivity index (χ0) is 15.6. The monoisotopic (exact) mass is 301 g/mol. The smallest absolute Gasteiger partial charge is 0.406 e. The molecule has 0 spiro atoms. The second-order valence-electron chi connectivity index (χ2n) is 5.13. The summed E-state index contributed by atoms with van der Waals surface area (Å²) in [7, 11) is 0. The Morgan fingerprint density at radius 3 is 2.62 bits per heavy atom. The predicted octanol–water partition coefficient (Wildman–Crippen LogP) is 2.34. The van der Waals surface area contributed by atoms with Gasteiger partial charge in [-0.2, -0.15) is 13.2 Å². The Balaban J connectivity index is 2.33. The van der Waals surface area contributed by atoms with Crippen LogP contribution in [0.25, 0.3) is 0 Å². The lowest BCUT2D eigenvalue weighted by Crippen LogP contribution is -2.41. The number of alkyl halides is 3. The quantitative estimate of drug-likeness (QED) is 0.932. The molecule has 1 unspecified atom stereocenters. The number of carboxylic acids is 1. The molecule has 0 saturated carbocycles. The molecule has 1 amide bonds. The zero-order valence-electron chi connectivity index (χ0n) is 11.1. The highest BCUT2D eigenvalue weighted by atomic mass is 19.4. The van der Waals surface area contributed by atoms with E-state index in [1.165, 1.54) is 6.07 Å². The molecule has 0 fully saturated rings. The molecular weight excluding hydrogens is 287 g/mol. The zero-order valence-corrected chi connectivity index (χ0v) is 11.1. The molecule has 0 aliphatic carbocycles. The highest BCUT2D eigenvalue weighted by Gasteiger charge is 2.37. The first-order chi connectivity index (χ1) is 9.76. The Bertz CT molecular complexity index is 557. The van der Waals surface area contributed by atoms with Crippen molar-refractivity contribution in [3.63, 3.8) is 0 Å². The predicted molar refractivity (Wildman–Crippen MR) is 67.8 cm³/mol. The minimum Gasteiger partial charge on any atom is -0.481 e. The van der Waals surface area contributed by atoms with Gasteiger partial charge >= 0.3 is 12.1 Å². The lowest BCUT2D eigenvalue weighted by molar-refractivity contribution is -0.142. The maximum Gasteiger partial charge on any atom is 0.406 e. The van der Waals surface area contributed by atoms with Gasteiger partial charge in [0.2, 0.25) is 0 Å². The fourth-order valence-electron chi connectivity index (χ4n) is 2.58. The maximum atomic E-state index is 12.6. The third-order valence-corrected chi connectivity index (χ3v) is 3.36. The minimum absolute atomic E-state index is 0.209.